The Bertz CT molecular complexity index is 1150. The van der Waals surface area contributed by atoms with Crippen molar-refractivity contribution in [3.8, 4) is 17.6 Å². The first-order chi connectivity index (χ1) is 15.0. The van der Waals surface area contributed by atoms with Crippen LogP contribution in [0.3, 0.4) is 0 Å². The molecule has 0 atom stereocenters. The third kappa shape index (κ3) is 6.57. The van der Waals surface area contributed by atoms with Crippen LogP contribution < -0.4 is 14.8 Å². The number of methoxy groups -OCH3 is 1. The van der Waals surface area contributed by atoms with Crippen LogP contribution in [-0.2, 0) is 11.4 Å². The number of halogens is 2. The lowest BCUT2D eigenvalue weighted by Gasteiger charge is -2.12. The lowest BCUT2D eigenvalue weighted by molar-refractivity contribution is -0.112. The molecule has 5 nitrogen and oxygen atoms in total. The van der Waals surface area contributed by atoms with E-state index in [2.05, 4.69) is 43.8 Å². The Kier molecular flexibility index (Phi) is 8.09. The first kappa shape index (κ1) is 22.8. The highest BCUT2D eigenvalue weighted by molar-refractivity contribution is 14.1. The quantitative estimate of drug-likeness (QED) is 0.203. The summed E-state index contributed by atoms with van der Waals surface area (Å²) in [7, 11) is 1.56. The Morgan fingerprint density at radius 1 is 1.13 bits per heavy atom. The topological polar surface area (TPSA) is 71.3 Å². The minimum atomic E-state index is -0.474. The van der Waals surface area contributed by atoms with Gasteiger partial charge in [-0.15, -0.1) is 0 Å². The zero-order chi connectivity index (χ0) is 22.2. The molecule has 0 saturated carbocycles. The number of ether oxygens (including phenoxy) is 2. The molecule has 0 aliphatic heterocycles. The summed E-state index contributed by atoms with van der Waals surface area (Å²) < 4.78 is 13.3. The highest BCUT2D eigenvalue weighted by Gasteiger charge is 2.12. The van der Waals surface area contributed by atoms with Crippen molar-refractivity contribution < 1.29 is 14.3 Å². The average Bonchev–Trinajstić information content (AvgIpc) is 2.77. The van der Waals surface area contributed by atoms with Gasteiger partial charge in [-0.3, -0.25) is 4.79 Å². The molecule has 0 fully saturated rings. The predicted molar refractivity (Wildman–Crippen MR) is 133 cm³/mol. The molecule has 0 radical (unpaired) electrons. The van der Waals surface area contributed by atoms with Gasteiger partial charge in [0.25, 0.3) is 5.91 Å². The summed E-state index contributed by atoms with van der Waals surface area (Å²) in [5, 5.41) is 12.2. The van der Waals surface area contributed by atoms with E-state index in [1.165, 1.54) is 6.08 Å². The molecule has 31 heavy (non-hydrogen) atoms. The molecule has 0 bridgehead atoms. The molecule has 0 aliphatic rings. The fourth-order valence-corrected chi connectivity index (χ4v) is 3.52. The Balaban J connectivity index is 1.79. The molecule has 7 heteroatoms. The van der Waals surface area contributed by atoms with Gasteiger partial charge in [-0.05, 0) is 82.3 Å². The van der Waals surface area contributed by atoms with Crippen LogP contribution in [-0.4, -0.2) is 13.0 Å². The first-order valence-corrected chi connectivity index (χ1v) is 11.1. The van der Waals surface area contributed by atoms with Crippen molar-refractivity contribution in [1.82, 2.24) is 0 Å². The molecule has 0 aromatic heterocycles. The number of hydrogen-bond acceptors (Lipinski definition) is 4. The van der Waals surface area contributed by atoms with E-state index in [1.54, 1.807) is 31.4 Å². The first-order valence-electron chi connectivity index (χ1n) is 9.22. The molecule has 1 N–H and O–H groups in total. The van der Waals surface area contributed by atoms with Gasteiger partial charge >= 0.3 is 0 Å². The summed E-state index contributed by atoms with van der Waals surface area (Å²) in [6.45, 7) is 0.356. The summed E-state index contributed by atoms with van der Waals surface area (Å²) >= 11 is 5.57. The van der Waals surface area contributed by atoms with E-state index in [0.717, 1.165) is 13.6 Å². The van der Waals surface area contributed by atoms with E-state index in [4.69, 9.17) is 9.47 Å². The van der Waals surface area contributed by atoms with Gasteiger partial charge in [-0.2, -0.15) is 5.26 Å². The third-order valence-electron chi connectivity index (χ3n) is 4.25. The number of rotatable bonds is 7. The van der Waals surface area contributed by atoms with E-state index in [1.807, 2.05) is 48.5 Å². The second kappa shape index (κ2) is 11.0. The van der Waals surface area contributed by atoms with Gasteiger partial charge < -0.3 is 14.8 Å². The summed E-state index contributed by atoms with van der Waals surface area (Å²) in [6, 6.07) is 22.4. The molecule has 1 amide bonds. The second-order valence-corrected chi connectivity index (χ2v) is 8.62. The summed E-state index contributed by atoms with van der Waals surface area (Å²) in [6.07, 6.45) is 1.52. The molecule has 0 spiro atoms. The zero-order valence-corrected chi connectivity index (χ0v) is 20.3. The molecule has 0 aliphatic carbocycles. The van der Waals surface area contributed by atoms with Crippen LogP contribution in [0.5, 0.6) is 11.5 Å². The van der Waals surface area contributed by atoms with Crippen molar-refractivity contribution in [2.75, 3.05) is 12.4 Å². The van der Waals surface area contributed by atoms with Gasteiger partial charge in [0.1, 0.15) is 18.2 Å². The van der Waals surface area contributed by atoms with Gasteiger partial charge in [0.2, 0.25) is 0 Å². The van der Waals surface area contributed by atoms with Crippen molar-refractivity contribution in [2.45, 2.75) is 6.61 Å². The molecular formula is C24H18BrIN2O3. The number of nitrogens with zero attached hydrogens (tertiary/aromatic N) is 1. The molecular weight excluding hydrogens is 571 g/mol. The summed E-state index contributed by atoms with van der Waals surface area (Å²) in [5.41, 5.74) is 2.27. The molecule has 3 rings (SSSR count). The maximum atomic E-state index is 12.5. The van der Waals surface area contributed by atoms with Crippen LogP contribution in [0.4, 0.5) is 5.69 Å². The Labute approximate surface area is 203 Å². The molecule has 3 aromatic rings. The van der Waals surface area contributed by atoms with E-state index < -0.39 is 5.91 Å². The lowest BCUT2D eigenvalue weighted by atomic mass is 10.1. The second-order valence-electron chi connectivity index (χ2n) is 6.46. The predicted octanol–water partition coefficient (Wildman–Crippen LogP) is 6.19. The number of nitriles is 1. The zero-order valence-electron chi connectivity index (χ0n) is 16.6. The number of carbonyl (C=O) groups excluding carboxylic acids is 1. The largest absolute Gasteiger partial charge is 0.493 e. The summed E-state index contributed by atoms with van der Waals surface area (Å²) in [4.78, 5) is 12.5. The van der Waals surface area contributed by atoms with Crippen molar-refractivity contribution in [2.24, 2.45) is 0 Å². The lowest BCUT2D eigenvalue weighted by Crippen LogP contribution is -2.13. The number of amides is 1. The number of nitrogens with one attached hydrogen (secondary N) is 1. The van der Waals surface area contributed by atoms with Gasteiger partial charge in [0, 0.05) is 13.7 Å². The van der Waals surface area contributed by atoms with Crippen molar-refractivity contribution >= 4 is 56.2 Å². The molecule has 0 heterocycles. The molecule has 0 saturated heterocycles. The average molecular weight is 589 g/mol. The number of carbonyl (C=O) groups is 1. The standard InChI is InChI=1S/C24H18BrIN2O3/c1-30-22-10-7-17(12-23(22)31-15-16-5-8-19(25)9-6-16)11-18(14-27)24(29)28-21-4-2-3-20(26)13-21/h2-13H,15H2,1H3,(H,28,29)/b18-11+. The normalized spacial score (nSPS) is 10.8. The number of hydrogen-bond donors (Lipinski definition) is 1. The van der Waals surface area contributed by atoms with Crippen LogP contribution >= 0.6 is 38.5 Å². The Hall–Kier alpha value is -2.83. The Morgan fingerprint density at radius 2 is 1.90 bits per heavy atom. The van der Waals surface area contributed by atoms with E-state index >= 15 is 0 Å². The van der Waals surface area contributed by atoms with E-state index in [-0.39, 0.29) is 5.57 Å². The number of anilines is 1. The molecule has 156 valence electrons. The smallest absolute Gasteiger partial charge is 0.266 e. The van der Waals surface area contributed by atoms with Crippen molar-refractivity contribution in [1.29, 1.82) is 5.26 Å². The van der Waals surface area contributed by atoms with Crippen LogP contribution in [0.1, 0.15) is 11.1 Å². The fourth-order valence-electron chi connectivity index (χ4n) is 2.72. The Morgan fingerprint density at radius 3 is 2.58 bits per heavy atom. The monoisotopic (exact) mass is 588 g/mol. The van der Waals surface area contributed by atoms with E-state index in [9.17, 15) is 10.1 Å². The van der Waals surface area contributed by atoms with Crippen molar-refractivity contribution in [3.63, 3.8) is 0 Å². The van der Waals surface area contributed by atoms with Crippen LogP contribution in [0.15, 0.2) is 76.8 Å². The maximum Gasteiger partial charge on any atom is 0.266 e. The van der Waals surface area contributed by atoms with Crippen LogP contribution in [0.2, 0.25) is 0 Å². The SMILES string of the molecule is COc1ccc(/C=C(\C#N)C(=O)Nc2cccc(I)c2)cc1OCc1ccc(Br)cc1. The molecule has 3 aromatic carbocycles. The highest BCUT2D eigenvalue weighted by Crippen LogP contribution is 2.30. The maximum absolute atomic E-state index is 12.5. The number of benzene rings is 3. The fraction of sp³-hybridized carbons (Fsp3) is 0.0833. The van der Waals surface area contributed by atoms with Crippen LogP contribution in [0.25, 0.3) is 6.08 Å². The van der Waals surface area contributed by atoms with E-state index in [0.29, 0.717) is 29.4 Å². The van der Waals surface area contributed by atoms with Gasteiger partial charge in [-0.25, -0.2) is 0 Å². The van der Waals surface area contributed by atoms with Crippen molar-refractivity contribution in [3.05, 3.63) is 91.5 Å². The van der Waals surface area contributed by atoms with Gasteiger partial charge in [0.15, 0.2) is 11.5 Å². The van der Waals surface area contributed by atoms with Gasteiger partial charge in [-0.1, -0.05) is 40.2 Å². The van der Waals surface area contributed by atoms with Crippen LogP contribution in [0, 0.1) is 14.9 Å². The van der Waals surface area contributed by atoms with Gasteiger partial charge in [0.05, 0.1) is 7.11 Å². The minimum absolute atomic E-state index is 0.0112. The minimum Gasteiger partial charge on any atom is -0.493 e. The molecule has 0 unspecified atom stereocenters. The highest BCUT2D eigenvalue weighted by atomic mass is 127. The summed E-state index contributed by atoms with van der Waals surface area (Å²) in [5.74, 6) is 0.614. The third-order valence-corrected chi connectivity index (χ3v) is 5.45.